The number of aromatic carboxylic acids is 1. The summed E-state index contributed by atoms with van der Waals surface area (Å²) >= 11 is 0. The number of nitrogens with one attached hydrogen (secondary N) is 1. The normalized spacial score (nSPS) is 15.0. The van der Waals surface area contributed by atoms with Gasteiger partial charge in [-0.3, -0.25) is 0 Å². The summed E-state index contributed by atoms with van der Waals surface area (Å²) in [6.45, 7) is 0. The van der Waals surface area contributed by atoms with Gasteiger partial charge in [-0.1, -0.05) is 0 Å². The summed E-state index contributed by atoms with van der Waals surface area (Å²) in [6.07, 6.45) is 4.73. The third-order valence-corrected chi connectivity index (χ3v) is 3.31. The summed E-state index contributed by atoms with van der Waals surface area (Å²) in [6, 6.07) is 5.95. The van der Waals surface area contributed by atoms with Crippen molar-refractivity contribution >= 4 is 16.9 Å². The van der Waals surface area contributed by atoms with E-state index in [1.165, 1.54) is 24.0 Å². The minimum absolute atomic E-state index is 0.275. The standard InChI is InChI=1S/C13H13NO2/c15-13(16)12-7-10-5-8-3-1-2-4-9(8)6-11(10)14-12/h5-7,14H,1-4H2,(H,15,16). The number of carboxylic acid groups (broad SMARTS) is 1. The van der Waals surface area contributed by atoms with Gasteiger partial charge in [-0.05, 0) is 55.0 Å². The smallest absolute Gasteiger partial charge is 0.352 e. The van der Waals surface area contributed by atoms with Gasteiger partial charge in [0.15, 0.2) is 0 Å². The number of aromatic amines is 1. The van der Waals surface area contributed by atoms with Crippen LogP contribution >= 0.6 is 0 Å². The zero-order chi connectivity index (χ0) is 11.1. The maximum Gasteiger partial charge on any atom is 0.352 e. The molecule has 0 amide bonds. The van der Waals surface area contributed by atoms with Crippen molar-refractivity contribution in [1.29, 1.82) is 0 Å². The molecule has 0 saturated heterocycles. The largest absolute Gasteiger partial charge is 0.477 e. The molecule has 82 valence electrons. The molecule has 0 fully saturated rings. The Kier molecular flexibility index (Phi) is 1.99. The Hall–Kier alpha value is -1.77. The van der Waals surface area contributed by atoms with Crippen molar-refractivity contribution in [2.24, 2.45) is 0 Å². The predicted octanol–water partition coefficient (Wildman–Crippen LogP) is 2.74. The van der Waals surface area contributed by atoms with Crippen molar-refractivity contribution in [3.05, 3.63) is 35.0 Å². The molecule has 1 aliphatic carbocycles. The van der Waals surface area contributed by atoms with E-state index in [1.54, 1.807) is 6.07 Å². The van der Waals surface area contributed by atoms with E-state index in [2.05, 4.69) is 17.1 Å². The number of aryl methyl sites for hydroxylation is 2. The van der Waals surface area contributed by atoms with Gasteiger partial charge in [0, 0.05) is 10.9 Å². The van der Waals surface area contributed by atoms with Crippen LogP contribution in [0.4, 0.5) is 0 Å². The monoisotopic (exact) mass is 215 g/mol. The van der Waals surface area contributed by atoms with Crippen molar-refractivity contribution in [2.45, 2.75) is 25.7 Å². The van der Waals surface area contributed by atoms with Gasteiger partial charge in [0.1, 0.15) is 5.69 Å². The fourth-order valence-electron chi connectivity index (χ4n) is 2.48. The maximum absolute atomic E-state index is 10.9. The second kappa shape index (κ2) is 3.37. The number of hydrogen-bond acceptors (Lipinski definition) is 1. The molecule has 0 atom stereocenters. The van der Waals surface area contributed by atoms with Gasteiger partial charge in [0.25, 0.3) is 0 Å². The number of H-pyrrole nitrogens is 1. The molecule has 1 heterocycles. The van der Waals surface area contributed by atoms with Gasteiger partial charge in [0.2, 0.25) is 0 Å². The average Bonchev–Trinajstić information content (AvgIpc) is 2.68. The SMILES string of the molecule is O=C(O)c1cc2cc3c(cc2[nH]1)CCCC3. The predicted molar refractivity (Wildman–Crippen MR) is 61.9 cm³/mol. The lowest BCUT2D eigenvalue weighted by Crippen LogP contribution is -2.01. The molecular formula is C13H13NO2. The first-order valence-corrected chi connectivity index (χ1v) is 5.62. The number of carboxylic acids is 1. The van der Waals surface area contributed by atoms with E-state index in [-0.39, 0.29) is 5.69 Å². The molecule has 0 bridgehead atoms. The first-order valence-electron chi connectivity index (χ1n) is 5.62. The van der Waals surface area contributed by atoms with Crippen LogP contribution in [0.5, 0.6) is 0 Å². The van der Waals surface area contributed by atoms with Gasteiger partial charge in [0.05, 0.1) is 0 Å². The average molecular weight is 215 g/mol. The zero-order valence-electron chi connectivity index (χ0n) is 8.92. The third-order valence-electron chi connectivity index (χ3n) is 3.31. The van der Waals surface area contributed by atoms with Gasteiger partial charge in [-0.2, -0.15) is 0 Å². The van der Waals surface area contributed by atoms with Gasteiger partial charge in [-0.25, -0.2) is 4.79 Å². The van der Waals surface area contributed by atoms with Gasteiger partial charge >= 0.3 is 5.97 Å². The number of carbonyl (C=O) groups is 1. The second-order valence-corrected chi connectivity index (χ2v) is 4.40. The Bertz CT molecular complexity index is 526. The Morgan fingerprint density at radius 3 is 2.50 bits per heavy atom. The number of aromatic nitrogens is 1. The van der Waals surface area contributed by atoms with Crippen LogP contribution in [0.25, 0.3) is 10.9 Å². The molecule has 2 aromatic rings. The fraction of sp³-hybridized carbons (Fsp3) is 0.308. The third kappa shape index (κ3) is 1.40. The molecule has 3 heteroatoms. The van der Waals surface area contributed by atoms with Crippen LogP contribution in [0.2, 0.25) is 0 Å². The van der Waals surface area contributed by atoms with Crippen LogP contribution in [-0.4, -0.2) is 16.1 Å². The fourth-order valence-corrected chi connectivity index (χ4v) is 2.48. The van der Waals surface area contributed by atoms with Crippen LogP contribution in [0, 0.1) is 0 Å². The first kappa shape index (κ1) is 9.46. The molecular weight excluding hydrogens is 202 g/mol. The molecule has 0 radical (unpaired) electrons. The summed E-state index contributed by atoms with van der Waals surface area (Å²) in [4.78, 5) is 13.8. The van der Waals surface area contributed by atoms with E-state index in [0.29, 0.717) is 0 Å². The molecule has 1 aromatic heterocycles. The summed E-state index contributed by atoms with van der Waals surface area (Å²) in [7, 11) is 0. The summed E-state index contributed by atoms with van der Waals surface area (Å²) < 4.78 is 0. The van der Waals surface area contributed by atoms with Crippen LogP contribution < -0.4 is 0 Å². The molecule has 3 rings (SSSR count). The molecule has 3 nitrogen and oxygen atoms in total. The van der Waals surface area contributed by atoms with Crippen LogP contribution in [0.3, 0.4) is 0 Å². The highest BCUT2D eigenvalue weighted by Crippen LogP contribution is 2.26. The van der Waals surface area contributed by atoms with Crippen molar-refractivity contribution < 1.29 is 9.90 Å². The van der Waals surface area contributed by atoms with Crippen LogP contribution in [0.1, 0.15) is 34.5 Å². The lowest BCUT2D eigenvalue weighted by atomic mass is 9.91. The summed E-state index contributed by atoms with van der Waals surface area (Å²) in [5, 5.41) is 9.93. The van der Waals surface area contributed by atoms with E-state index in [0.717, 1.165) is 23.7 Å². The Balaban J connectivity index is 2.20. The number of hydrogen-bond donors (Lipinski definition) is 2. The molecule has 0 spiro atoms. The van der Waals surface area contributed by atoms with Crippen molar-refractivity contribution in [3.8, 4) is 0 Å². The van der Waals surface area contributed by atoms with E-state index >= 15 is 0 Å². The molecule has 0 saturated carbocycles. The molecule has 0 aliphatic heterocycles. The van der Waals surface area contributed by atoms with Crippen molar-refractivity contribution in [3.63, 3.8) is 0 Å². The lowest BCUT2D eigenvalue weighted by molar-refractivity contribution is 0.0691. The molecule has 16 heavy (non-hydrogen) atoms. The molecule has 0 unspecified atom stereocenters. The topological polar surface area (TPSA) is 53.1 Å². The molecule has 1 aliphatic rings. The number of benzene rings is 1. The number of rotatable bonds is 1. The van der Waals surface area contributed by atoms with Gasteiger partial charge < -0.3 is 10.1 Å². The van der Waals surface area contributed by atoms with E-state index in [9.17, 15) is 4.79 Å². The molecule has 1 aromatic carbocycles. The zero-order valence-corrected chi connectivity index (χ0v) is 8.92. The van der Waals surface area contributed by atoms with Gasteiger partial charge in [-0.15, -0.1) is 0 Å². The van der Waals surface area contributed by atoms with Crippen molar-refractivity contribution in [1.82, 2.24) is 4.98 Å². The highest BCUT2D eigenvalue weighted by Gasteiger charge is 2.13. The Morgan fingerprint density at radius 2 is 1.81 bits per heavy atom. The Labute approximate surface area is 93.1 Å². The lowest BCUT2D eigenvalue weighted by Gasteiger charge is -2.15. The quantitative estimate of drug-likeness (QED) is 0.768. The van der Waals surface area contributed by atoms with E-state index in [1.807, 2.05) is 0 Å². The maximum atomic E-state index is 10.9. The van der Waals surface area contributed by atoms with Crippen LogP contribution in [-0.2, 0) is 12.8 Å². The van der Waals surface area contributed by atoms with Crippen LogP contribution in [0.15, 0.2) is 18.2 Å². The highest BCUT2D eigenvalue weighted by atomic mass is 16.4. The summed E-state index contributed by atoms with van der Waals surface area (Å²) in [5.74, 6) is -0.894. The number of fused-ring (bicyclic) bond motifs is 2. The minimum atomic E-state index is -0.894. The van der Waals surface area contributed by atoms with E-state index < -0.39 is 5.97 Å². The van der Waals surface area contributed by atoms with Crippen molar-refractivity contribution in [2.75, 3.05) is 0 Å². The second-order valence-electron chi connectivity index (χ2n) is 4.40. The first-order chi connectivity index (χ1) is 7.74. The van der Waals surface area contributed by atoms with E-state index in [4.69, 9.17) is 5.11 Å². The summed E-state index contributed by atoms with van der Waals surface area (Å²) in [5.41, 5.74) is 3.97. The minimum Gasteiger partial charge on any atom is -0.477 e. The highest BCUT2D eigenvalue weighted by molar-refractivity contribution is 5.94. The molecule has 2 N–H and O–H groups in total. The Morgan fingerprint density at radius 1 is 1.12 bits per heavy atom.